The van der Waals surface area contributed by atoms with Crippen LogP contribution in [0.2, 0.25) is 0 Å². The van der Waals surface area contributed by atoms with E-state index in [2.05, 4.69) is 5.32 Å². The summed E-state index contributed by atoms with van der Waals surface area (Å²) in [5, 5.41) is 12.0. The van der Waals surface area contributed by atoms with E-state index >= 15 is 0 Å². The maximum atomic E-state index is 11.9. The first-order chi connectivity index (χ1) is 9.16. The van der Waals surface area contributed by atoms with Crippen molar-refractivity contribution < 1.29 is 14.7 Å². The Morgan fingerprint density at radius 1 is 1.11 bits per heavy atom. The highest BCUT2D eigenvalue weighted by Crippen LogP contribution is 2.22. The predicted molar refractivity (Wildman–Crippen MR) is 71.8 cm³/mol. The molecule has 5 heteroatoms. The standard InChI is InChI=1S/C14H24N2O3/c17-13(15-9-11-5-2-1-3-6-11)10-16-8-4-7-12(16)14(18)19/h11-12H,1-10H2,(H,15,17)(H,18,19)/t12-/m1/s1. The molecule has 1 aliphatic carbocycles. The molecule has 19 heavy (non-hydrogen) atoms. The van der Waals surface area contributed by atoms with E-state index in [0.717, 1.165) is 13.0 Å². The number of carbonyl (C=O) groups excluding carboxylic acids is 1. The minimum Gasteiger partial charge on any atom is -0.480 e. The highest BCUT2D eigenvalue weighted by molar-refractivity contribution is 5.80. The van der Waals surface area contributed by atoms with E-state index in [0.29, 0.717) is 18.9 Å². The van der Waals surface area contributed by atoms with Gasteiger partial charge in [-0.05, 0) is 38.1 Å². The van der Waals surface area contributed by atoms with Gasteiger partial charge in [0.1, 0.15) is 6.04 Å². The van der Waals surface area contributed by atoms with Crippen LogP contribution >= 0.6 is 0 Å². The normalized spacial score (nSPS) is 25.4. The van der Waals surface area contributed by atoms with Crippen LogP contribution in [0, 0.1) is 5.92 Å². The fourth-order valence-corrected chi connectivity index (χ4v) is 3.18. The zero-order valence-corrected chi connectivity index (χ0v) is 11.4. The van der Waals surface area contributed by atoms with Gasteiger partial charge in [-0.25, -0.2) is 0 Å². The van der Waals surface area contributed by atoms with Crippen molar-refractivity contribution in [1.29, 1.82) is 0 Å². The molecule has 2 rings (SSSR count). The minimum absolute atomic E-state index is 0.0290. The van der Waals surface area contributed by atoms with Gasteiger partial charge in [-0.2, -0.15) is 0 Å². The third-order valence-electron chi connectivity index (χ3n) is 4.31. The van der Waals surface area contributed by atoms with Crippen LogP contribution in [-0.4, -0.2) is 47.6 Å². The van der Waals surface area contributed by atoms with E-state index in [9.17, 15) is 9.59 Å². The summed E-state index contributed by atoms with van der Waals surface area (Å²) in [7, 11) is 0. The van der Waals surface area contributed by atoms with Gasteiger partial charge in [0.25, 0.3) is 0 Å². The summed E-state index contributed by atoms with van der Waals surface area (Å²) in [6.45, 7) is 1.70. The second-order valence-electron chi connectivity index (χ2n) is 5.77. The zero-order chi connectivity index (χ0) is 13.7. The Morgan fingerprint density at radius 2 is 1.84 bits per heavy atom. The van der Waals surface area contributed by atoms with Crippen molar-refractivity contribution in [2.75, 3.05) is 19.6 Å². The third kappa shape index (κ3) is 4.20. The molecule has 2 N–H and O–H groups in total. The van der Waals surface area contributed by atoms with Crippen LogP contribution in [0.1, 0.15) is 44.9 Å². The summed E-state index contributed by atoms with van der Waals surface area (Å²) in [6, 6.07) is -0.472. The summed E-state index contributed by atoms with van der Waals surface area (Å²) in [4.78, 5) is 24.7. The first-order valence-corrected chi connectivity index (χ1v) is 7.40. The number of amides is 1. The highest BCUT2D eigenvalue weighted by Gasteiger charge is 2.31. The van der Waals surface area contributed by atoms with E-state index in [1.807, 2.05) is 0 Å². The topological polar surface area (TPSA) is 69.6 Å². The molecule has 1 heterocycles. The molecule has 2 aliphatic rings. The number of nitrogens with zero attached hydrogens (tertiary/aromatic N) is 1. The number of hydrogen-bond donors (Lipinski definition) is 2. The van der Waals surface area contributed by atoms with Gasteiger partial charge >= 0.3 is 5.97 Å². The zero-order valence-electron chi connectivity index (χ0n) is 11.4. The summed E-state index contributed by atoms with van der Waals surface area (Å²) in [5.74, 6) is -0.220. The van der Waals surface area contributed by atoms with Crippen LogP contribution in [0.25, 0.3) is 0 Å². The smallest absolute Gasteiger partial charge is 0.320 e. The van der Waals surface area contributed by atoms with Crippen molar-refractivity contribution in [1.82, 2.24) is 10.2 Å². The highest BCUT2D eigenvalue weighted by atomic mass is 16.4. The molecule has 1 amide bonds. The van der Waals surface area contributed by atoms with Crippen LogP contribution in [-0.2, 0) is 9.59 Å². The lowest BCUT2D eigenvalue weighted by Crippen LogP contribution is -2.44. The molecule has 1 saturated carbocycles. The molecule has 1 atom stereocenters. The van der Waals surface area contributed by atoms with Gasteiger partial charge < -0.3 is 10.4 Å². The lowest BCUT2D eigenvalue weighted by Gasteiger charge is -2.23. The molecule has 108 valence electrons. The number of nitrogens with one attached hydrogen (secondary N) is 1. The lowest BCUT2D eigenvalue weighted by atomic mass is 9.89. The van der Waals surface area contributed by atoms with Crippen LogP contribution in [0.3, 0.4) is 0 Å². The van der Waals surface area contributed by atoms with Gasteiger partial charge in [0.2, 0.25) is 5.91 Å². The predicted octanol–water partition coefficient (Wildman–Crippen LogP) is 1.23. The van der Waals surface area contributed by atoms with E-state index in [-0.39, 0.29) is 12.5 Å². The molecule has 1 aliphatic heterocycles. The molecule has 2 fully saturated rings. The van der Waals surface area contributed by atoms with Crippen molar-refractivity contribution in [3.05, 3.63) is 0 Å². The van der Waals surface area contributed by atoms with Crippen LogP contribution in [0.4, 0.5) is 0 Å². The van der Waals surface area contributed by atoms with Crippen molar-refractivity contribution in [3.63, 3.8) is 0 Å². The maximum absolute atomic E-state index is 11.9. The fraction of sp³-hybridized carbons (Fsp3) is 0.857. The van der Waals surface area contributed by atoms with E-state index in [4.69, 9.17) is 5.11 Å². The van der Waals surface area contributed by atoms with Crippen molar-refractivity contribution >= 4 is 11.9 Å². The van der Waals surface area contributed by atoms with Crippen molar-refractivity contribution in [2.45, 2.75) is 51.0 Å². The number of carboxylic acids is 1. The SMILES string of the molecule is O=C(CN1CCC[C@@H]1C(=O)O)NCC1CCCCC1. The van der Waals surface area contributed by atoms with Crippen LogP contribution in [0.5, 0.6) is 0 Å². The van der Waals surface area contributed by atoms with Crippen LogP contribution < -0.4 is 5.32 Å². The van der Waals surface area contributed by atoms with Gasteiger partial charge in [-0.1, -0.05) is 19.3 Å². The Hall–Kier alpha value is -1.10. The Balaban J connectivity index is 1.70. The average molecular weight is 268 g/mol. The molecule has 0 radical (unpaired) electrons. The Labute approximate surface area is 114 Å². The third-order valence-corrected chi connectivity index (χ3v) is 4.31. The average Bonchev–Trinajstić information content (AvgIpc) is 2.86. The quantitative estimate of drug-likeness (QED) is 0.787. The molecule has 0 aromatic carbocycles. The first-order valence-electron chi connectivity index (χ1n) is 7.40. The summed E-state index contributed by atoms with van der Waals surface area (Å²) in [6.07, 6.45) is 7.81. The molecule has 0 unspecified atom stereocenters. The number of carboxylic acid groups (broad SMARTS) is 1. The maximum Gasteiger partial charge on any atom is 0.320 e. The Morgan fingerprint density at radius 3 is 2.53 bits per heavy atom. The second-order valence-corrected chi connectivity index (χ2v) is 5.77. The lowest BCUT2D eigenvalue weighted by molar-refractivity contribution is -0.142. The number of carbonyl (C=O) groups is 2. The molecule has 5 nitrogen and oxygen atoms in total. The number of likely N-dealkylation sites (tertiary alicyclic amines) is 1. The summed E-state index contributed by atoms with van der Waals surface area (Å²) >= 11 is 0. The Kier molecular flexibility index (Phi) is 5.19. The van der Waals surface area contributed by atoms with Gasteiger partial charge in [0, 0.05) is 6.54 Å². The molecular formula is C14H24N2O3. The summed E-state index contributed by atoms with van der Waals surface area (Å²) < 4.78 is 0. The molecule has 0 spiro atoms. The summed E-state index contributed by atoms with van der Waals surface area (Å²) in [5.41, 5.74) is 0. The molecule has 0 bridgehead atoms. The van der Waals surface area contributed by atoms with Crippen LogP contribution in [0.15, 0.2) is 0 Å². The monoisotopic (exact) mass is 268 g/mol. The van der Waals surface area contributed by atoms with Gasteiger partial charge in [0.15, 0.2) is 0 Å². The fourth-order valence-electron chi connectivity index (χ4n) is 3.18. The first kappa shape index (κ1) is 14.3. The van der Waals surface area contributed by atoms with Gasteiger partial charge in [0.05, 0.1) is 6.54 Å². The van der Waals surface area contributed by atoms with E-state index in [1.165, 1.54) is 32.1 Å². The molecular weight excluding hydrogens is 244 g/mol. The largest absolute Gasteiger partial charge is 0.480 e. The van der Waals surface area contributed by atoms with Gasteiger partial charge in [-0.15, -0.1) is 0 Å². The van der Waals surface area contributed by atoms with E-state index in [1.54, 1.807) is 4.90 Å². The molecule has 0 aromatic rings. The minimum atomic E-state index is -0.808. The Bertz CT molecular complexity index is 327. The van der Waals surface area contributed by atoms with Crippen molar-refractivity contribution in [3.8, 4) is 0 Å². The van der Waals surface area contributed by atoms with Crippen molar-refractivity contribution in [2.24, 2.45) is 5.92 Å². The number of aliphatic carboxylic acids is 1. The van der Waals surface area contributed by atoms with E-state index < -0.39 is 12.0 Å². The molecule has 1 saturated heterocycles. The molecule has 0 aromatic heterocycles. The number of hydrogen-bond acceptors (Lipinski definition) is 3. The van der Waals surface area contributed by atoms with Gasteiger partial charge in [-0.3, -0.25) is 14.5 Å². The number of rotatable bonds is 5. The second kappa shape index (κ2) is 6.89.